The standard InChI is InChI=1S/C14H20ClF2NO2/c1-14(2,3)8-18-7-10(19)12-9(15)5-4-6-11(12)20-13(16)17/h4-6,10,13,18-19H,7-8H2,1-3H3. The smallest absolute Gasteiger partial charge is 0.387 e. The lowest BCUT2D eigenvalue weighted by Gasteiger charge is -2.22. The van der Waals surface area contributed by atoms with Gasteiger partial charge in [-0.2, -0.15) is 8.78 Å². The van der Waals surface area contributed by atoms with Gasteiger partial charge < -0.3 is 15.2 Å². The topological polar surface area (TPSA) is 41.5 Å². The maximum atomic E-state index is 12.3. The number of hydrogen-bond acceptors (Lipinski definition) is 3. The lowest BCUT2D eigenvalue weighted by molar-refractivity contribution is -0.0515. The highest BCUT2D eigenvalue weighted by atomic mass is 35.5. The van der Waals surface area contributed by atoms with Gasteiger partial charge in [0.15, 0.2) is 0 Å². The molecule has 1 aromatic rings. The van der Waals surface area contributed by atoms with E-state index in [0.717, 1.165) is 0 Å². The zero-order valence-corrected chi connectivity index (χ0v) is 12.5. The van der Waals surface area contributed by atoms with Crippen LogP contribution in [0.1, 0.15) is 32.4 Å². The van der Waals surface area contributed by atoms with Crippen LogP contribution >= 0.6 is 11.6 Å². The number of rotatable bonds is 6. The van der Waals surface area contributed by atoms with Gasteiger partial charge in [-0.3, -0.25) is 0 Å². The largest absolute Gasteiger partial charge is 0.434 e. The maximum Gasteiger partial charge on any atom is 0.387 e. The Morgan fingerprint density at radius 2 is 2.00 bits per heavy atom. The predicted octanol–water partition coefficient (Wildman–Crippen LogP) is 3.61. The Bertz CT molecular complexity index is 436. The molecule has 0 bridgehead atoms. The van der Waals surface area contributed by atoms with E-state index in [1.165, 1.54) is 18.2 Å². The molecule has 0 saturated heterocycles. The van der Waals surface area contributed by atoms with Crippen LogP contribution in [-0.4, -0.2) is 24.8 Å². The Balaban J connectivity index is 2.78. The van der Waals surface area contributed by atoms with Crippen molar-refractivity contribution in [2.45, 2.75) is 33.5 Å². The first-order valence-electron chi connectivity index (χ1n) is 6.33. The summed E-state index contributed by atoms with van der Waals surface area (Å²) in [7, 11) is 0. The third-order valence-electron chi connectivity index (χ3n) is 2.56. The summed E-state index contributed by atoms with van der Waals surface area (Å²) >= 11 is 5.96. The van der Waals surface area contributed by atoms with E-state index in [2.05, 4.69) is 10.1 Å². The van der Waals surface area contributed by atoms with Crippen LogP contribution in [0.15, 0.2) is 18.2 Å². The summed E-state index contributed by atoms with van der Waals surface area (Å²) in [6, 6.07) is 4.39. The van der Waals surface area contributed by atoms with Gasteiger partial charge in [0.1, 0.15) is 5.75 Å². The number of nitrogens with one attached hydrogen (secondary N) is 1. The van der Waals surface area contributed by atoms with E-state index >= 15 is 0 Å². The number of halogens is 3. The van der Waals surface area contributed by atoms with Crippen molar-refractivity contribution in [3.8, 4) is 5.75 Å². The van der Waals surface area contributed by atoms with Crippen molar-refractivity contribution in [3.63, 3.8) is 0 Å². The van der Waals surface area contributed by atoms with Crippen LogP contribution in [0.2, 0.25) is 5.02 Å². The van der Waals surface area contributed by atoms with E-state index in [1.54, 1.807) is 0 Å². The van der Waals surface area contributed by atoms with Crippen molar-refractivity contribution in [2.24, 2.45) is 5.41 Å². The average Bonchev–Trinajstić information content (AvgIpc) is 2.26. The molecule has 1 unspecified atom stereocenters. The normalized spacial score (nSPS) is 13.6. The third-order valence-corrected chi connectivity index (χ3v) is 2.88. The van der Waals surface area contributed by atoms with Crippen molar-refractivity contribution < 1.29 is 18.6 Å². The minimum Gasteiger partial charge on any atom is -0.434 e. The van der Waals surface area contributed by atoms with Gasteiger partial charge in [0.05, 0.1) is 11.1 Å². The maximum absolute atomic E-state index is 12.3. The number of ether oxygens (including phenoxy) is 1. The monoisotopic (exact) mass is 307 g/mol. The molecule has 0 saturated carbocycles. The van der Waals surface area contributed by atoms with Crippen molar-refractivity contribution in [1.82, 2.24) is 5.32 Å². The minimum atomic E-state index is -2.96. The van der Waals surface area contributed by atoms with Gasteiger partial charge in [-0.25, -0.2) is 0 Å². The summed E-state index contributed by atoms with van der Waals surface area (Å²) in [4.78, 5) is 0. The summed E-state index contributed by atoms with van der Waals surface area (Å²) in [5, 5.41) is 13.4. The number of hydrogen-bond donors (Lipinski definition) is 2. The molecule has 0 radical (unpaired) electrons. The second-order valence-corrected chi connectivity index (χ2v) is 6.14. The van der Waals surface area contributed by atoms with Gasteiger partial charge in [-0.15, -0.1) is 0 Å². The fraction of sp³-hybridized carbons (Fsp3) is 0.571. The average molecular weight is 308 g/mol. The lowest BCUT2D eigenvalue weighted by Crippen LogP contribution is -2.30. The van der Waals surface area contributed by atoms with E-state index < -0.39 is 12.7 Å². The van der Waals surface area contributed by atoms with Gasteiger partial charge in [0.25, 0.3) is 0 Å². The second kappa shape index (κ2) is 7.20. The summed E-state index contributed by atoms with van der Waals surface area (Å²) in [6.45, 7) is 4.08. The molecule has 0 fully saturated rings. The molecule has 1 atom stereocenters. The molecule has 0 spiro atoms. The number of aliphatic hydroxyl groups excluding tert-OH is 1. The number of aliphatic hydroxyl groups is 1. The van der Waals surface area contributed by atoms with E-state index in [0.29, 0.717) is 6.54 Å². The van der Waals surface area contributed by atoms with Crippen molar-refractivity contribution in [3.05, 3.63) is 28.8 Å². The first-order valence-corrected chi connectivity index (χ1v) is 6.70. The van der Waals surface area contributed by atoms with Gasteiger partial charge in [0, 0.05) is 18.7 Å². The summed E-state index contributed by atoms with van der Waals surface area (Å²) < 4.78 is 29.1. The molecular weight excluding hydrogens is 288 g/mol. The van der Waals surface area contributed by atoms with Crippen LogP contribution in [-0.2, 0) is 0 Å². The molecule has 1 rings (SSSR count). The van der Waals surface area contributed by atoms with Crippen LogP contribution in [0.4, 0.5) is 8.78 Å². The summed E-state index contributed by atoms with van der Waals surface area (Å²) in [5.41, 5.74) is 0.235. The Morgan fingerprint density at radius 3 is 2.55 bits per heavy atom. The predicted molar refractivity (Wildman–Crippen MR) is 75.4 cm³/mol. The van der Waals surface area contributed by atoms with E-state index in [-0.39, 0.29) is 28.3 Å². The molecule has 0 heterocycles. The van der Waals surface area contributed by atoms with Crippen LogP contribution in [0.5, 0.6) is 5.75 Å². The molecule has 1 aromatic carbocycles. The Labute approximate surface area is 122 Å². The molecule has 0 aliphatic heterocycles. The van der Waals surface area contributed by atoms with Crippen LogP contribution in [0.3, 0.4) is 0 Å². The molecule has 3 nitrogen and oxygen atoms in total. The van der Waals surface area contributed by atoms with Gasteiger partial charge in [-0.1, -0.05) is 38.4 Å². The highest BCUT2D eigenvalue weighted by Crippen LogP contribution is 2.33. The summed E-state index contributed by atoms with van der Waals surface area (Å²) in [6.07, 6.45) is -1.01. The fourth-order valence-electron chi connectivity index (χ4n) is 1.73. The van der Waals surface area contributed by atoms with Crippen molar-refractivity contribution in [1.29, 1.82) is 0 Å². The first-order chi connectivity index (χ1) is 9.20. The van der Waals surface area contributed by atoms with Gasteiger partial charge >= 0.3 is 6.61 Å². The quantitative estimate of drug-likeness (QED) is 0.843. The highest BCUT2D eigenvalue weighted by molar-refractivity contribution is 6.31. The zero-order chi connectivity index (χ0) is 15.3. The Kier molecular flexibility index (Phi) is 6.17. The lowest BCUT2D eigenvalue weighted by atomic mass is 9.97. The van der Waals surface area contributed by atoms with Crippen LogP contribution in [0.25, 0.3) is 0 Å². The van der Waals surface area contributed by atoms with Gasteiger partial charge in [-0.05, 0) is 17.5 Å². The molecule has 20 heavy (non-hydrogen) atoms. The molecular formula is C14H20ClF2NO2. The molecule has 6 heteroatoms. The van der Waals surface area contributed by atoms with Crippen molar-refractivity contribution >= 4 is 11.6 Å². The number of alkyl halides is 2. The highest BCUT2D eigenvalue weighted by Gasteiger charge is 2.20. The summed E-state index contributed by atoms with van der Waals surface area (Å²) in [5.74, 6) is -0.0995. The van der Waals surface area contributed by atoms with Crippen LogP contribution < -0.4 is 10.1 Å². The molecule has 0 amide bonds. The molecule has 0 aliphatic rings. The fourth-order valence-corrected chi connectivity index (χ4v) is 2.02. The first kappa shape index (κ1) is 17.1. The number of benzene rings is 1. The molecule has 0 aromatic heterocycles. The van der Waals surface area contributed by atoms with Gasteiger partial charge in [0.2, 0.25) is 0 Å². The molecule has 0 aliphatic carbocycles. The van der Waals surface area contributed by atoms with E-state index in [1.807, 2.05) is 20.8 Å². The Hall–Kier alpha value is -0.910. The minimum absolute atomic E-state index is 0.0580. The van der Waals surface area contributed by atoms with Crippen molar-refractivity contribution in [2.75, 3.05) is 13.1 Å². The zero-order valence-electron chi connectivity index (χ0n) is 11.8. The second-order valence-electron chi connectivity index (χ2n) is 5.74. The Morgan fingerprint density at radius 1 is 1.35 bits per heavy atom. The third kappa shape index (κ3) is 5.61. The molecule has 2 N–H and O–H groups in total. The van der Waals surface area contributed by atoms with Crippen LogP contribution in [0, 0.1) is 5.41 Å². The SMILES string of the molecule is CC(C)(C)CNCC(O)c1c(Cl)cccc1OC(F)F. The molecule has 114 valence electrons. The van der Waals surface area contributed by atoms with E-state index in [4.69, 9.17) is 11.6 Å². The van der Waals surface area contributed by atoms with E-state index in [9.17, 15) is 13.9 Å².